The lowest BCUT2D eigenvalue weighted by atomic mass is 9.85. The molecule has 0 amide bonds. The van der Waals surface area contributed by atoms with Crippen LogP contribution in [-0.2, 0) is 5.54 Å². The van der Waals surface area contributed by atoms with E-state index in [-0.39, 0.29) is 17.9 Å². The summed E-state index contributed by atoms with van der Waals surface area (Å²) in [5.74, 6) is 7.53. The van der Waals surface area contributed by atoms with E-state index in [2.05, 4.69) is 84.5 Å². The van der Waals surface area contributed by atoms with Crippen molar-refractivity contribution in [2.45, 2.75) is 30.3 Å². The minimum atomic E-state index is -0.0722. The highest BCUT2D eigenvalue weighted by molar-refractivity contribution is 5.85. The third-order valence-electron chi connectivity index (χ3n) is 5.13. The van der Waals surface area contributed by atoms with Crippen molar-refractivity contribution < 1.29 is 0 Å². The van der Waals surface area contributed by atoms with Crippen molar-refractivity contribution in [2.75, 3.05) is 7.05 Å². The second-order valence-electron chi connectivity index (χ2n) is 6.10. The van der Waals surface area contributed by atoms with Gasteiger partial charge in [-0.05, 0) is 31.0 Å². The largest absolute Gasteiger partial charge is 0.282 e. The summed E-state index contributed by atoms with van der Waals surface area (Å²) < 4.78 is 0. The second-order valence-corrected chi connectivity index (χ2v) is 6.10. The van der Waals surface area contributed by atoms with Gasteiger partial charge in [0.15, 0.2) is 0 Å². The van der Waals surface area contributed by atoms with E-state index in [0.29, 0.717) is 12.0 Å². The first-order valence-electron chi connectivity index (χ1n) is 7.67. The van der Waals surface area contributed by atoms with Gasteiger partial charge in [-0.2, -0.15) is 0 Å². The minimum Gasteiger partial charge on any atom is -0.282 e. The fourth-order valence-electron chi connectivity index (χ4n) is 3.94. The first kappa shape index (κ1) is 15.2. The Kier molecular flexibility index (Phi) is 4.00. The third-order valence-corrected chi connectivity index (χ3v) is 5.13. The first-order valence-corrected chi connectivity index (χ1v) is 7.67. The van der Waals surface area contributed by atoms with E-state index in [9.17, 15) is 0 Å². The Hall–Kier alpha value is -1.75. The Bertz CT molecular complexity index is 701. The smallest absolute Gasteiger partial charge is 0.108 e. The molecule has 0 saturated carbocycles. The molecule has 1 nitrogen and oxygen atoms in total. The van der Waals surface area contributed by atoms with Gasteiger partial charge in [-0.15, -0.1) is 12.4 Å². The lowest BCUT2D eigenvalue weighted by Gasteiger charge is -2.39. The number of benzene rings is 2. The zero-order valence-electron chi connectivity index (χ0n) is 12.7. The molecule has 1 fully saturated rings. The van der Waals surface area contributed by atoms with Crippen molar-refractivity contribution in [3.8, 4) is 11.8 Å². The number of hydrogen-bond acceptors (Lipinski definition) is 1. The van der Waals surface area contributed by atoms with Gasteiger partial charge in [0.1, 0.15) is 5.54 Å². The fraction of sp³-hybridized carbons (Fsp3) is 0.300. The molecular formula is C20H20ClN. The highest BCUT2D eigenvalue weighted by atomic mass is 35.5. The molecule has 2 bridgehead atoms. The molecule has 112 valence electrons. The van der Waals surface area contributed by atoms with Gasteiger partial charge in [0.2, 0.25) is 0 Å². The summed E-state index contributed by atoms with van der Waals surface area (Å²) in [7, 11) is 2.24. The molecule has 2 aliphatic rings. The van der Waals surface area contributed by atoms with Crippen molar-refractivity contribution in [3.63, 3.8) is 0 Å². The van der Waals surface area contributed by atoms with Crippen LogP contribution in [0.2, 0.25) is 0 Å². The molecule has 2 heterocycles. The first-order chi connectivity index (χ1) is 10.3. The predicted octanol–water partition coefficient (Wildman–Crippen LogP) is 4.20. The molecule has 0 spiro atoms. The molecule has 2 aromatic carbocycles. The highest BCUT2D eigenvalue weighted by Crippen LogP contribution is 2.47. The SMILES string of the molecule is CN1[C@H]2CC[C@]1(c1ccccc1)C#CC2c1ccccc1.Cl. The molecule has 2 aromatic rings. The summed E-state index contributed by atoms with van der Waals surface area (Å²) in [5.41, 5.74) is 2.62. The molecule has 1 saturated heterocycles. The molecule has 0 aromatic heterocycles. The van der Waals surface area contributed by atoms with Gasteiger partial charge in [-0.1, -0.05) is 72.5 Å². The number of nitrogens with zero attached hydrogens (tertiary/aromatic N) is 1. The summed E-state index contributed by atoms with van der Waals surface area (Å²) in [6.07, 6.45) is 2.33. The van der Waals surface area contributed by atoms with E-state index < -0.39 is 0 Å². The second kappa shape index (κ2) is 5.80. The van der Waals surface area contributed by atoms with Crippen LogP contribution in [0.5, 0.6) is 0 Å². The van der Waals surface area contributed by atoms with Crippen LogP contribution in [0.4, 0.5) is 0 Å². The number of fused-ring (bicyclic) bond motifs is 2. The van der Waals surface area contributed by atoms with Crippen LogP contribution in [0, 0.1) is 11.8 Å². The quantitative estimate of drug-likeness (QED) is 0.752. The molecule has 2 heteroatoms. The molecular weight excluding hydrogens is 290 g/mol. The van der Waals surface area contributed by atoms with Crippen LogP contribution in [0.15, 0.2) is 60.7 Å². The van der Waals surface area contributed by atoms with Gasteiger partial charge in [0.05, 0.1) is 5.92 Å². The molecule has 0 radical (unpaired) electrons. The van der Waals surface area contributed by atoms with Gasteiger partial charge in [0.25, 0.3) is 0 Å². The maximum Gasteiger partial charge on any atom is 0.108 e. The molecule has 22 heavy (non-hydrogen) atoms. The summed E-state index contributed by atoms with van der Waals surface area (Å²) in [6, 6.07) is 22.0. The van der Waals surface area contributed by atoms with Gasteiger partial charge in [0, 0.05) is 6.04 Å². The Morgan fingerprint density at radius 2 is 1.64 bits per heavy atom. The predicted molar refractivity (Wildman–Crippen MR) is 93.1 cm³/mol. The summed E-state index contributed by atoms with van der Waals surface area (Å²) in [5, 5.41) is 0. The maximum absolute atomic E-state index is 3.61. The molecule has 1 unspecified atom stereocenters. The fourth-order valence-corrected chi connectivity index (χ4v) is 3.94. The molecule has 0 N–H and O–H groups in total. The van der Waals surface area contributed by atoms with Crippen LogP contribution >= 0.6 is 12.4 Å². The van der Waals surface area contributed by atoms with Gasteiger partial charge in [-0.3, -0.25) is 4.90 Å². The van der Waals surface area contributed by atoms with Crippen LogP contribution in [0.3, 0.4) is 0 Å². The van der Waals surface area contributed by atoms with E-state index in [1.165, 1.54) is 17.5 Å². The maximum atomic E-state index is 3.61. The summed E-state index contributed by atoms with van der Waals surface area (Å²) >= 11 is 0. The molecule has 4 rings (SSSR count). The lowest BCUT2D eigenvalue weighted by Crippen LogP contribution is -2.45. The Morgan fingerprint density at radius 1 is 1.00 bits per heavy atom. The average molecular weight is 310 g/mol. The highest BCUT2D eigenvalue weighted by Gasteiger charge is 2.49. The number of halogens is 1. The van der Waals surface area contributed by atoms with E-state index in [1.807, 2.05) is 0 Å². The number of rotatable bonds is 2. The van der Waals surface area contributed by atoms with Crippen LogP contribution in [-0.4, -0.2) is 18.0 Å². The molecule has 3 atom stereocenters. The topological polar surface area (TPSA) is 3.24 Å². The van der Waals surface area contributed by atoms with Crippen LogP contribution in [0.25, 0.3) is 0 Å². The van der Waals surface area contributed by atoms with Crippen molar-refractivity contribution in [2.24, 2.45) is 0 Å². The number of hydrogen-bond donors (Lipinski definition) is 0. The normalized spacial score (nSPS) is 29.3. The van der Waals surface area contributed by atoms with Gasteiger partial charge >= 0.3 is 0 Å². The zero-order valence-corrected chi connectivity index (χ0v) is 13.5. The van der Waals surface area contributed by atoms with Crippen molar-refractivity contribution in [1.82, 2.24) is 4.90 Å². The summed E-state index contributed by atoms with van der Waals surface area (Å²) in [4.78, 5) is 2.51. The monoisotopic (exact) mass is 309 g/mol. The lowest BCUT2D eigenvalue weighted by molar-refractivity contribution is 0.171. The van der Waals surface area contributed by atoms with Crippen LogP contribution < -0.4 is 0 Å². The van der Waals surface area contributed by atoms with Crippen LogP contribution in [0.1, 0.15) is 29.9 Å². The van der Waals surface area contributed by atoms with Gasteiger partial charge < -0.3 is 0 Å². The van der Waals surface area contributed by atoms with Crippen molar-refractivity contribution in [3.05, 3.63) is 71.8 Å². The van der Waals surface area contributed by atoms with Crippen molar-refractivity contribution >= 4 is 12.4 Å². The Morgan fingerprint density at radius 3 is 2.32 bits per heavy atom. The Labute approximate surface area is 138 Å². The Balaban J connectivity index is 0.00000144. The summed E-state index contributed by atoms with van der Waals surface area (Å²) in [6.45, 7) is 0. The third kappa shape index (κ3) is 2.15. The van der Waals surface area contributed by atoms with Gasteiger partial charge in [-0.25, -0.2) is 0 Å². The van der Waals surface area contributed by atoms with E-state index in [0.717, 1.165) is 6.42 Å². The molecule has 2 aliphatic heterocycles. The van der Waals surface area contributed by atoms with E-state index in [4.69, 9.17) is 0 Å². The van der Waals surface area contributed by atoms with E-state index in [1.54, 1.807) is 0 Å². The standard InChI is InChI=1S/C20H19N.ClH/c1-21-19-13-15-20(21,17-10-6-3-7-11-17)14-12-18(19)16-8-4-2-5-9-16;/h2-11,18-19H,13,15H2,1H3;1H/t18?,19-,20-;/m0./s1. The number of likely N-dealkylation sites (N-methyl/N-ethyl adjacent to an activating group) is 1. The minimum absolute atomic E-state index is 0. The zero-order chi connectivity index (χ0) is 14.3. The molecule has 0 aliphatic carbocycles. The van der Waals surface area contributed by atoms with E-state index >= 15 is 0 Å². The van der Waals surface area contributed by atoms with Crippen molar-refractivity contribution in [1.29, 1.82) is 0 Å². The average Bonchev–Trinajstić information content (AvgIpc) is 2.76.